The maximum absolute atomic E-state index is 11.6. The Morgan fingerprint density at radius 2 is 1.89 bits per heavy atom. The van der Waals surface area contributed by atoms with Crippen LogP contribution in [0.4, 0.5) is 0 Å². The summed E-state index contributed by atoms with van der Waals surface area (Å²) in [7, 11) is 0. The third-order valence-electron chi connectivity index (χ3n) is 3.15. The molecular formula is C14H14N4O. The van der Waals surface area contributed by atoms with Crippen molar-refractivity contribution in [2.24, 2.45) is 0 Å². The minimum absolute atomic E-state index is 0.206. The molecule has 19 heavy (non-hydrogen) atoms. The molecule has 5 heteroatoms. The molecule has 3 rings (SSSR count). The Morgan fingerprint density at radius 3 is 2.53 bits per heavy atom. The van der Waals surface area contributed by atoms with Gasteiger partial charge in [0.25, 0.3) is 5.56 Å². The normalized spacial score (nSPS) is 11.3. The van der Waals surface area contributed by atoms with Crippen LogP contribution in [0.25, 0.3) is 22.6 Å². The van der Waals surface area contributed by atoms with Crippen molar-refractivity contribution in [1.82, 2.24) is 19.9 Å². The number of benzene rings is 1. The average Bonchev–Trinajstić information content (AvgIpc) is 2.84. The van der Waals surface area contributed by atoms with Gasteiger partial charge in [-0.3, -0.25) is 4.79 Å². The highest BCUT2D eigenvalue weighted by atomic mass is 16.1. The van der Waals surface area contributed by atoms with Gasteiger partial charge in [0.05, 0.1) is 6.33 Å². The lowest BCUT2D eigenvalue weighted by atomic mass is 10.0. The van der Waals surface area contributed by atoms with E-state index in [0.717, 1.165) is 5.56 Å². The van der Waals surface area contributed by atoms with E-state index in [1.165, 1.54) is 11.9 Å². The molecule has 0 fully saturated rings. The first kappa shape index (κ1) is 11.6. The Hall–Kier alpha value is -2.43. The smallest absolute Gasteiger partial charge is 0.276 e. The van der Waals surface area contributed by atoms with E-state index in [-0.39, 0.29) is 5.56 Å². The number of nitrogens with zero attached hydrogens (tertiary/aromatic N) is 2. The van der Waals surface area contributed by atoms with E-state index in [0.29, 0.717) is 22.9 Å². The van der Waals surface area contributed by atoms with Gasteiger partial charge >= 0.3 is 0 Å². The van der Waals surface area contributed by atoms with Gasteiger partial charge in [0.15, 0.2) is 11.2 Å². The van der Waals surface area contributed by atoms with Crippen LogP contribution >= 0.6 is 0 Å². The third kappa shape index (κ3) is 2.03. The van der Waals surface area contributed by atoms with E-state index >= 15 is 0 Å². The minimum atomic E-state index is -0.206. The van der Waals surface area contributed by atoms with Crippen LogP contribution in [0.1, 0.15) is 25.3 Å². The Kier molecular flexibility index (Phi) is 2.67. The first-order valence-corrected chi connectivity index (χ1v) is 6.19. The Morgan fingerprint density at radius 1 is 1.16 bits per heavy atom. The Balaban J connectivity index is 2.09. The number of nitrogens with one attached hydrogen (secondary N) is 2. The lowest BCUT2D eigenvalue weighted by molar-refractivity contribution is 0.867. The van der Waals surface area contributed by atoms with E-state index in [9.17, 15) is 4.79 Å². The van der Waals surface area contributed by atoms with Gasteiger partial charge in [0.2, 0.25) is 0 Å². The van der Waals surface area contributed by atoms with Crippen LogP contribution in [-0.4, -0.2) is 19.9 Å². The zero-order chi connectivity index (χ0) is 13.4. The second-order valence-electron chi connectivity index (χ2n) is 4.79. The van der Waals surface area contributed by atoms with Crippen molar-refractivity contribution < 1.29 is 0 Å². The summed E-state index contributed by atoms with van der Waals surface area (Å²) in [6.45, 7) is 4.30. The van der Waals surface area contributed by atoms with Crippen molar-refractivity contribution >= 4 is 11.2 Å². The van der Waals surface area contributed by atoms with E-state index in [2.05, 4.69) is 45.9 Å². The van der Waals surface area contributed by atoms with Crippen LogP contribution in [0, 0.1) is 0 Å². The quantitative estimate of drug-likeness (QED) is 0.737. The molecule has 96 valence electrons. The molecule has 0 atom stereocenters. The van der Waals surface area contributed by atoms with Gasteiger partial charge in [0.1, 0.15) is 5.82 Å². The summed E-state index contributed by atoms with van der Waals surface area (Å²) in [6, 6.07) is 8.15. The highest BCUT2D eigenvalue weighted by molar-refractivity contribution is 5.74. The fraction of sp³-hybridized carbons (Fsp3) is 0.214. The van der Waals surface area contributed by atoms with Gasteiger partial charge < -0.3 is 9.97 Å². The summed E-state index contributed by atoms with van der Waals surface area (Å²) in [5, 5.41) is 0. The van der Waals surface area contributed by atoms with Crippen LogP contribution in [0.15, 0.2) is 35.4 Å². The molecule has 0 aliphatic heterocycles. The topological polar surface area (TPSA) is 74.4 Å². The number of fused-ring (bicyclic) bond motifs is 1. The predicted molar refractivity (Wildman–Crippen MR) is 74.0 cm³/mol. The molecule has 2 heterocycles. The maximum Gasteiger partial charge on any atom is 0.276 e. The summed E-state index contributed by atoms with van der Waals surface area (Å²) >= 11 is 0. The predicted octanol–water partition coefficient (Wildman–Crippen LogP) is 2.44. The molecule has 5 nitrogen and oxygen atoms in total. The second kappa shape index (κ2) is 4.35. The zero-order valence-corrected chi connectivity index (χ0v) is 10.8. The fourth-order valence-corrected chi connectivity index (χ4v) is 2.00. The molecule has 0 amide bonds. The van der Waals surface area contributed by atoms with E-state index < -0.39 is 0 Å². The van der Waals surface area contributed by atoms with Gasteiger partial charge in [0, 0.05) is 5.56 Å². The lowest BCUT2D eigenvalue weighted by Crippen LogP contribution is -2.05. The van der Waals surface area contributed by atoms with Crippen molar-refractivity contribution in [3.63, 3.8) is 0 Å². The van der Waals surface area contributed by atoms with E-state index in [1.54, 1.807) is 0 Å². The Bertz CT molecular complexity index is 768. The number of H-pyrrole nitrogens is 2. The SMILES string of the molecule is CC(C)c1ccc(-c2nc3nc[nH]c(=O)c3[nH]2)cc1. The van der Waals surface area contributed by atoms with Gasteiger partial charge in [-0.1, -0.05) is 38.1 Å². The molecule has 1 aromatic carbocycles. The average molecular weight is 254 g/mol. The summed E-state index contributed by atoms with van der Waals surface area (Å²) in [5.74, 6) is 1.16. The highest BCUT2D eigenvalue weighted by Crippen LogP contribution is 2.21. The molecule has 0 aliphatic carbocycles. The number of rotatable bonds is 2. The van der Waals surface area contributed by atoms with Gasteiger partial charge in [-0.15, -0.1) is 0 Å². The van der Waals surface area contributed by atoms with Crippen LogP contribution in [0.5, 0.6) is 0 Å². The molecule has 0 aliphatic rings. The molecule has 0 spiro atoms. The monoisotopic (exact) mass is 254 g/mol. The lowest BCUT2D eigenvalue weighted by Gasteiger charge is -2.05. The Labute approximate surface area is 109 Å². The van der Waals surface area contributed by atoms with Crippen molar-refractivity contribution in [3.05, 3.63) is 46.5 Å². The molecule has 0 unspecified atom stereocenters. The van der Waals surface area contributed by atoms with Crippen LogP contribution < -0.4 is 5.56 Å². The van der Waals surface area contributed by atoms with Crippen LogP contribution in [-0.2, 0) is 0 Å². The van der Waals surface area contributed by atoms with Crippen molar-refractivity contribution in [1.29, 1.82) is 0 Å². The summed E-state index contributed by atoms with van der Waals surface area (Å²) in [5.41, 5.74) is 2.86. The van der Waals surface area contributed by atoms with Crippen molar-refractivity contribution in [2.75, 3.05) is 0 Å². The largest absolute Gasteiger partial charge is 0.332 e. The van der Waals surface area contributed by atoms with Crippen molar-refractivity contribution in [2.45, 2.75) is 19.8 Å². The molecular weight excluding hydrogens is 240 g/mol. The molecule has 0 saturated heterocycles. The summed E-state index contributed by atoms with van der Waals surface area (Å²) in [6.07, 6.45) is 1.36. The van der Waals surface area contributed by atoms with E-state index in [1.807, 2.05) is 12.1 Å². The van der Waals surface area contributed by atoms with Crippen molar-refractivity contribution in [3.8, 4) is 11.4 Å². The molecule has 0 bridgehead atoms. The van der Waals surface area contributed by atoms with E-state index in [4.69, 9.17) is 0 Å². The number of aromatic nitrogens is 4. The van der Waals surface area contributed by atoms with Crippen LogP contribution in [0.2, 0.25) is 0 Å². The van der Waals surface area contributed by atoms with Gasteiger partial charge in [-0.25, -0.2) is 9.97 Å². The molecule has 2 N–H and O–H groups in total. The molecule has 0 radical (unpaired) electrons. The van der Waals surface area contributed by atoms with Crippen LogP contribution in [0.3, 0.4) is 0 Å². The fourth-order valence-electron chi connectivity index (χ4n) is 2.00. The molecule has 0 saturated carbocycles. The zero-order valence-electron chi connectivity index (χ0n) is 10.8. The molecule has 2 aromatic heterocycles. The second-order valence-corrected chi connectivity index (χ2v) is 4.79. The third-order valence-corrected chi connectivity index (χ3v) is 3.15. The first-order chi connectivity index (χ1) is 9.15. The minimum Gasteiger partial charge on any atom is -0.332 e. The van der Waals surface area contributed by atoms with Gasteiger partial charge in [-0.2, -0.15) is 0 Å². The number of hydrogen-bond donors (Lipinski definition) is 2. The van der Waals surface area contributed by atoms with Gasteiger partial charge in [-0.05, 0) is 11.5 Å². The maximum atomic E-state index is 11.6. The molecule has 3 aromatic rings. The summed E-state index contributed by atoms with van der Waals surface area (Å²) < 4.78 is 0. The number of hydrogen-bond acceptors (Lipinski definition) is 3. The highest BCUT2D eigenvalue weighted by Gasteiger charge is 2.09. The number of imidazole rings is 1. The number of aromatic amines is 2. The first-order valence-electron chi connectivity index (χ1n) is 6.19. The standard InChI is InChI=1S/C14H14N4O/c1-8(2)9-3-5-10(6-4-9)12-17-11-13(18-12)15-7-16-14(11)19/h3-8H,1-2H3,(H2,15,16,17,18,19). The summed E-state index contributed by atoms with van der Waals surface area (Å²) in [4.78, 5) is 25.5.